The molecule has 132 valence electrons. The minimum atomic E-state index is -1.25. The third-order valence-corrected chi connectivity index (χ3v) is 4.98. The smallest absolute Gasteiger partial charge is 0.339 e. The number of benzene rings is 2. The number of carboxylic acid groups (broad SMARTS) is 1. The van der Waals surface area contributed by atoms with Crippen molar-refractivity contribution in [2.45, 2.75) is 0 Å². The molecular weight excluding hydrogens is 374 g/mol. The van der Waals surface area contributed by atoms with Crippen LogP contribution in [-0.2, 0) is 4.79 Å². The van der Waals surface area contributed by atoms with Gasteiger partial charge in [-0.15, -0.1) is 0 Å². The first-order valence-electron chi connectivity index (χ1n) is 7.39. The van der Waals surface area contributed by atoms with Crippen LogP contribution in [0.1, 0.15) is 15.9 Å². The van der Waals surface area contributed by atoms with Crippen LogP contribution in [0.15, 0.2) is 47.4 Å². The van der Waals surface area contributed by atoms with E-state index in [1.54, 1.807) is 25.3 Å². The zero-order valence-corrected chi connectivity index (χ0v) is 15.1. The SMILES string of the molecule is COc1ccc(/C=C2/SC(=S)N(c3ccc(C(=O)O)c(O)c3)C2=O)cc1. The van der Waals surface area contributed by atoms with E-state index < -0.39 is 11.7 Å². The number of methoxy groups -OCH3 is 1. The van der Waals surface area contributed by atoms with Crippen molar-refractivity contribution >= 4 is 51.9 Å². The van der Waals surface area contributed by atoms with Crippen LogP contribution in [0.25, 0.3) is 6.08 Å². The zero-order valence-electron chi connectivity index (χ0n) is 13.5. The fourth-order valence-electron chi connectivity index (χ4n) is 2.38. The molecule has 0 aliphatic carbocycles. The minimum absolute atomic E-state index is 0.243. The summed E-state index contributed by atoms with van der Waals surface area (Å²) in [5, 5.41) is 18.8. The summed E-state index contributed by atoms with van der Waals surface area (Å²) in [5.74, 6) is -1.30. The molecule has 2 aromatic carbocycles. The molecule has 26 heavy (non-hydrogen) atoms. The summed E-state index contributed by atoms with van der Waals surface area (Å²) in [7, 11) is 1.57. The van der Waals surface area contributed by atoms with E-state index in [0.29, 0.717) is 20.7 Å². The summed E-state index contributed by atoms with van der Waals surface area (Å²) in [6.45, 7) is 0. The largest absolute Gasteiger partial charge is 0.507 e. The van der Waals surface area contributed by atoms with E-state index in [1.807, 2.05) is 12.1 Å². The first-order chi connectivity index (χ1) is 12.4. The Hall–Kier alpha value is -2.84. The van der Waals surface area contributed by atoms with Crippen LogP contribution in [0.3, 0.4) is 0 Å². The number of rotatable bonds is 4. The average molecular weight is 387 g/mol. The van der Waals surface area contributed by atoms with Gasteiger partial charge in [-0.1, -0.05) is 36.1 Å². The maximum atomic E-state index is 12.7. The van der Waals surface area contributed by atoms with Crippen LogP contribution < -0.4 is 9.64 Å². The molecule has 1 aliphatic rings. The van der Waals surface area contributed by atoms with Gasteiger partial charge in [-0.3, -0.25) is 9.69 Å². The third-order valence-electron chi connectivity index (χ3n) is 3.68. The highest BCUT2D eigenvalue weighted by Gasteiger charge is 2.33. The second kappa shape index (κ2) is 7.19. The Morgan fingerprint density at radius 2 is 1.92 bits per heavy atom. The number of amides is 1. The number of nitrogens with zero attached hydrogens (tertiary/aromatic N) is 1. The van der Waals surface area contributed by atoms with Gasteiger partial charge in [-0.25, -0.2) is 4.79 Å². The fraction of sp³-hybridized carbons (Fsp3) is 0.0556. The van der Waals surface area contributed by atoms with Gasteiger partial charge in [0.25, 0.3) is 5.91 Å². The van der Waals surface area contributed by atoms with Crippen molar-refractivity contribution in [1.82, 2.24) is 0 Å². The van der Waals surface area contributed by atoms with Crippen LogP contribution >= 0.6 is 24.0 Å². The summed E-state index contributed by atoms with van der Waals surface area (Å²) >= 11 is 6.41. The van der Waals surface area contributed by atoms with E-state index in [2.05, 4.69) is 0 Å². The minimum Gasteiger partial charge on any atom is -0.507 e. The average Bonchev–Trinajstić information content (AvgIpc) is 2.88. The van der Waals surface area contributed by atoms with Crippen LogP contribution in [-0.4, -0.2) is 33.5 Å². The zero-order chi connectivity index (χ0) is 18.8. The van der Waals surface area contributed by atoms with E-state index in [4.69, 9.17) is 22.1 Å². The molecule has 0 radical (unpaired) electrons. The highest BCUT2D eigenvalue weighted by molar-refractivity contribution is 8.27. The van der Waals surface area contributed by atoms with Gasteiger partial charge < -0.3 is 14.9 Å². The molecule has 0 spiro atoms. The highest BCUT2D eigenvalue weighted by atomic mass is 32.2. The van der Waals surface area contributed by atoms with Crippen LogP contribution in [0.4, 0.5) is 5.69 Å². The van der Waals surface area contributed by atoms with Gasteiger partial charge in [0.2, 0.25) is 0 Å². The summed E-state index contributed by atoms with van der Waals surface area (Å²) in [6, 6.07) is 11.1. The lowest BCUT2D eigenvalue weighted by Gasteiger charge is -2.15. The van der Waals surface area contributed by atoms with Crippen LogP contribution in [0.5, 0.6) is 11.5 Å². The molecule has 1 aliphatic heterocycles. The topological polar surface area (TPSA) is 87.1 Å². The number of anilines is 1. The van der Waals surface area contributed by atoms with Crippen molar-refractivity contribution in [2.24, 2.45) is 0 Å². The Balaban J connectivity index is 1.90. The maximum Gasteiger partial charge on any atom is 0.339 e. The fourth-order valence-corrected chi connectivity index (χ4v) is 3.68. The molecule has 6 nitrogen and oxygen atoms in total. The molecule has 0 unspecified atom stereocenters. The lowest BCUT2D eigenvalue weighted by Crippen LogP contribution is -2.27. The molecule has 0 saturated carbocycles. The predicted octanol–water partition coefficient (Wildman–Crippen LogP) is 3.50. The number of thiocarbonyl (C=S) groups is 1. The summed E-state index contributed by atoms with van der Waals surface area (Å²) in [6.07, 6.45) is 1.71. The molecule has 1 fully saturated rings. The molecule has 3 rings (SSSR count). The maximum absolute atomic E-state index is 12.7. The number of aromatic hydroxyl groups is 1. The number of aromatic carboxylic acids is 1. The molecular formula is C18H13NO5S2. The van der Waals surface area contributed by atoms with E-state index in [1.165, 1.54) is 23.1 Å². The summed E-state index contributed by atoms with van der Waals surface area (Å²) in [5.41, 5.74) is 0.886. The van der Waals surface area contributed by atoms with Crippen LogP contribution in [0, 0.1) is 0 Å². The number of thioether (sulfide) groups is 1. The van der Waals surface area contributed by atoms with Gasteiger partial charge in [0.1, 0.15) is 17.1 Å². The van der Waals surface area contributed by atoms with Crippen molar-refractivity contribution in [3.05, 3.63) is 58.5 Å². The highest BCUT2D eigenvalue weighted by Crippen LogP contribution is 2.37. The molecule has 1 amide bonds. The van der Waals surface area contributed by atoms with E-state index in [9.17, 15) is 14.7 Å². The number of carbonyl (C=O) groups is 2. The Kier molecular flexibility index (Phi) is 4.97. The predicted molar refractivity (Wildman–Crippen MR) is 104 cm³/mol. The van der Waals surface area contributed by atoms with Crippen LogP contribution in [0.2, 0.25) is 0 Å². The van der Waals surface area contributed by atoms with Crippen molar-refractivity contribution < 1.29 is 24.5 Å². The van der Waals surface area contributed by atoms with Gasteiger partial charge >= 0.3 is 5.97 Å². The number of phenols is 1. The molecule has 0 bridgehead atoms. The molecule has 1 saturated heterocycles. The standard InChI is InChI=1S/C18H13NO5S2/c1-24-12-5-2-10(3-6-12)8-15-16(21)19(18(25)26-15)11-4-7-13(17(22)23)14(20)9-11/h2-9,20H,1H3,(H,22,23)/b15-8+. The molecule has 0 aromatic heterocycles. The van der Waals surface area contributed by atoms with Gasteiger partial charge in [0, 0.05) is 6.07 Å². The molecule has 8 heteroatoms. The second-order valence-electron chi connectivity index (χ2n) is 5.30. The van der Waals surface area contributed by atoms with E-state index in [-0.39, 0.29) is 11.5 Å². The second-order valence-corrected chi connectivity index (χ2v) is 6.97. The number of ether oxygens (including phenoxy) is 1. The number of hydrogen-bond donors (Lipinski definition) is 2. The Labute approximate surface area is 158 Å². The molecule has 2 aromatic rings. The van der Waals surface area contributed by atoms with Crippen molar-refractivity contribution in [3.8, 4) is 11.5 Å². The van der Waals surface area contributed by atoms with Gasteiger partial charge in [-0.2, -0.15) is 0 Å². The molecule has 0 atom stereocenters. The van der Waals surface area contributed by atoms with Gasteiger partial charge in [0.05, 0.1) is 17.7 Å². The first kappa shape index (κ1) is 18.0. The summed E-state index contributed by atoms with van der Waals surface area (Å²) in [4.78, 5) is 25.4. The Bertz CT molecular complexity index is 937. The van der Waals surface area contributed by atoms with E-state index >= 15 is 0 Å². The lowest BCUT2D eigenvalue weighted by atomic mass is 10.1. The number of carbonyl (C=O) groups excluding carboxylic acids is 1. The van der Waals surface area contributed by atoms with Crippen molar-refractivity contribution in [3.63, 3.8) is 0 Å². The lowest BCUT2D eigenvalue weighted by molar-refractivity contribution is -0.113. The molecule has 2 N–H and O–H groups in total. The van der Waals surface area contributed by atoms with E-state index in [0.717, 1.165) is 17.3 Å². The van der Waals surface area contributed by atoms with Crippen molar-refractivity contribution in [1.29, 1.82) is 0 Å². The quantitative estimate of drug-likeness (QED) is 0.613. The normalized spacial score (nSPS) is 15.6. The number of carboxylic acids is 1. The Morgan fingerprint density at radius 1 is 1.23 bits per heavy atom. The van der Waals surface area contributed by atoms with Crippen molar-refractivity contribution in [2.75, 3.05) is 12.0 Å². The summed E-state index contributed by atoms with van der Waals surface area (Å²) < 4.78 is 5.41. The first-order valence-corrected chi connectivity index (χ1v) is 8.61. The third kappa shape index (κ3) is 3.42. The van der Waals surface area contributed by atoms with Gasteiger partial charge in [-0.05, 0) is 35.9 Å². The number of hydrogen-bond acceptors (Lipinski definition) is 6. The Morgan fingerprint density at radius 3 is 2.50 bits per heavy atom. The van der Waals surface area contributed by atoms with Gasteiger partial charge in [0.15, 0.2) is 4.32 Å². The molecule has 1 heterocycles. The monoisotopic (exact) mass is 387 g/mol.